The number of aromatic carboxylic acids is 1. The smallest absolute Gasteiger partial charge is 0.335 e. The fourth-order valence-corrected chi connectivity index (χ4v) is 3.43. The maximum Gasteiger partial charge on any atom is 0.335 e. The quantitative estimate of drug-likeness (QED) is 0.504. The average Bonchev–Trinajstić information content (AvgIpc) is 3.50. The van der Waals surface area contributed by atoms with Crippen molar-refractivity contribution in [1.82, 2.24) is 10.0 Å². The molecule has 0 bridgehead atoms. The fraction of sp³-hybridized carbons (Fsp3) is 0.333. The van der Waals surface area contributed by atoms with Gasteiger partial charge in [-0.05, 0) is 61.2 Å². The van der Waals surface area contributed by atoms with Crippen LogP contribution in [0.25, 0.3) is 11.1 Å². The molecule has 0 aromatic heterocycles. The van der Waals surface area contributed by atoms with Gasteiger partial charge < -0.3 is 15.2 Å². The van der Waals surface area contributed by atoms with Crippen LogP contribution >= 0.6 is 0 Å². The molecule has 0 unspecified atom stereocenters. The Balaban J connectivity index is 1.96. The number of carboxylic acids is 1. The summed E-state index contributed by atoms with van der Waals surface area (Å²) in [5, 5.41) is 12.1. The number of ether oxygens (including phenoxy) is 1. The number of benzene rings is 2. The largest absolute Gasteiger partial charge is 0.492 e. The molecule has 31 heavy (non-hydrogen) atoms. The SMILES string of the molecule is Cc1c(F)cc(C(=O)NC2CC2)cc1-c1ccc(C(=O)O)cc1OCCNS(C)(=O)=O. The van der Waals surface area contributed by atoms with E-state index in [1.807, 2.05) is 0 Å². The third-order valence-corrected chi connectivity index (χ3v) is 5.49. The second-order valence-electron chi connectivity index (χ2n) is 7.41. The summed E-state index contributed by atoms with van der Waals surface area (Å²) >= 11 is 0. The minimum absolute atomic E-state index is 0.0350. The maximum absolute atomic E-state index is 14.6. The molecule has 3 rings (SSSR count). The molecule has 0 spiro atoms. The molecule has 1 fully saturated rings. The number of nitrogens with one attached hydrogen (secondary N) is 2. The number of amides is 1. The number of carbonyl (C=O) groups is 2. The van der Waals surface area contributed by atoms with Crippen molar-refractivity contribution >= 4 is 21.9 Å². The lowest BCUT2D eigenvalue weighted by Gasteiger charge is -2.16. The van der Waals surface area contributed by atoms with Crippen molar-refractivity contribution in [2.45, 2.75) is 25.8 Å². The van der Waals surface area contributed by atoms with Crippen molar-refractivity contribution in [2.24, 2.45) is 0 Å². The molecule has 0 heterocycles. The highest BCUT2D eigenvalue weighted by molar-refractivity contribution is 7.88. The highest BCUT2D eigenvalue weighted by Crippen LogP contribution is 2.35. The van der Waals surface area contributed by atoms with Gasteiger partial charge in [0.2, 0.25) is 10.0 Å². The van der Waals surface area contributed by atoms with Crippen LogP contribution in [0.1, 0.15) is 39.1 Å². The molecule has 1 aliphatic carbocycles. The summed E-state index contributed by atoms with van der Waals surface area (Å²) in [6.07, 6.45) is 2.79. The number of carboxylic acid groups (broad SMARTS) is 1. The summed E-state index contributed by atoms with van der Waals surface area (Å²) in [4.78, 5) is 23.8. The number of sulfonamides is 1. The van der Waals surface area contributed by atoms with E-state index in [1.165, 1.54) is 30.3 Å². The highest BCUT2D eigenvalue weighted by atomic mass is 32.2. The van der Waals surface area contributed by atoms with Gasteiger partial charge in [0.05, 0.1) is 11.8 Å². The van der Waals surface area contributed by atoms with E-state index in [0.29, 0.717) is 11.1 Å². The Morgan fingerprint density at radius 2 is 1.87 bits per heavy atom. The van der Waals surface area contributed by atoms with E-state index in [9.17, 15) is 27.5 Å². The number of hydrogen-bond donors (Lipinski definition) is 3. The number of hydrogen-bond acceptors (Lipinski definition) is 5. The van der Waals surface area contributed by atoms with Crippen molar-refractivity contribution in [3.8, 4) is 16.9 Å². The molecule has 1 saturated carbocycles. The topological polar surface area (TPSA) is 122 Å². The summed E-state index contributed by atoms with van der Waals surface area (Å²) in [6.45, 7) is 1.44. The van der Waals surface area contributed by atoms with E-state index in [2.05, 4.69) is 10.0 Å². The molecule has 8 nitrogen and oxygen atoms in total. The van der Waals surface area contributed by atoms with Gasteiger partial charge in [0, 0.05) is 23.7 Å². The van der Waals surface area contributed by atoms with Gasteiger partial charge in [0.15, 0.2) is 0 Å². The van der Waals surface area contributed by atoms with Crippen molar-refractivity contribution in [3.63, 3.8) is 0 Å². The minimum Gasteiger partial charge on any atom is -0.492 e. The van der Waals surface area contributed by atoms with Crippen molar-refractivity contribution in [1.29, 1.82) is 0 Å². The van der Waals surface area contributed by atoms with E-state index >= 15 is 0 Å². The molecular weight excluding hydrogens is 427 g/mol. The van der Waals surface area contributed by atoms with Gasteiger partial charge in [0.25, 0.3) is 5.91 Å². The first-order valence-corrected chi connectivity index (χ1v) is 11.5. The molecule has 0 radical (unpaired) electrons. The van der Waals surface area contributed by atoms with Crippen LogP contribution in [0.2, 0.25) is 0 Å². The Morgan fingerprint density at radius 3 is 2.48 bits per heavy atom. The molecule has 0 saturated heterocycles. The van der Waals surface area contributed by atoms with Gasteiger partial charge in [-0.1, -0.05) is 0 Å². The average molecular weight is 450 g/mol. The highest BCUT2D eigenvalue weighted by Gasteiger charge is 2.25. The predicted molar refractivity (Wildman–Crippen MR) is 112 cm³/mol. The Bertz CT molecular complexity index is 1130. The van der Waals surface area contributed by atoms with Gasteiger partial charge in [-0.25, -0.2) is 22.3 Å². The Morgan fingerprint density at radius 1 is 1.16 bits per heavy atom. The molecule has 2 aromatic carbocycles. The zero-order chi connectivity index (χ0) is 22.8. The van der Waals surface area contributed by atoms with Gasteiger partial charge >= 0.3 is 5.97 Å². The Labute approximate surface area is 179 Å². The summed E-state index contributed by atoms with van der Waals surface area (Å²) in [6, 6.07) is 6.93. The lowest BCUT2D eigenvalue weighted by molar-refractivity contribution is 0.0696. The first kappa shape index (κ1) is 22.7. The van der Waals surface area contributed by atoms with E-state index in [1.54, 1.807) is 6.92 Å². The third-order valence-electron chi connectivity index (χ3n) is 4.76. The van der Waals surface area contributed by atoms with Crippen molar-refractivity contribution in [3.05, 3.63) is 52.8 Å². The zero-order valence-electron chi connectivity index (χ0n) is 17.1. The van der Waals surface area contributed by atoms with E-state index in [0.717, 1.165) is 19.1 Å². The molecule has 3 N–H and O–H groups in total. The third kappa shape index (κ3) is 6.02. The summed E-state index contributed by atoms with van der Waals surface area (Å²) < 4.78 is 45.0. The summed E-state index contributed by atoms with van der Waals surface area (Å²) in [5.74, 6) is -2.00. The first-order valence-electron chi connectivity index (χ1n) is 9.61. The molecule has 1 aliphatic rings. The molecule has 166 valence electrons. The van der Waals surface area contributed by atoms with Gasteiger partial charge in [0.1, 0.15) is 18.2 Å². The van der Waals surface area contributed by atoms with Gasteiger partial charge in [-0.2, -0.15) is 0 Å². The van der Waals surface area contributed by atoms with Crippen molar-refractivity contribution in [2.75, 3.05) is 19.4 Å². The fourth-order valence-electron chi connectivity index (χ4n) is 2.97. The first-order chi connectivity index (χ1) is 14.5. The van der Waals surface area contributed by atoms with E-state index < -0.39 is 21.8 Å². The van der Waals surface area contributed by atoms with Crippen LogP contribution in [0.5, 0.6) is 5.75 Å². The van der Waals surface area contributed by atoms with Gasteiger partial charge in [-0.3, -0.25) is 4.79 Å². The molecule has 0 aliphatic heterocycles. The van der Waals surface area contributed by atoms with E-state index in [4.69, 9.17) is 4.74 Å². The second-order valence-corrected chi connectivity index (χ2v) is 9.24. The lowest BCUT2D eigenvalue weighted by Crippen LogP contribution is -2.27. The van der Waals surface area contributed by atoms with Crippen LogP contribution in [-0.4, -0.2) is 50.9 Å². The van der Waals surface area contributed by atoms with E-state index in [-0.39, 0.29) is 47.5 Å². The Hall–Kier alpha value is -2.98. The molecule has 0 atom stereocenters. The number of halogens is 1. The minimum atomic E-state index is -3.41. The van der Waals surface area contributed by atoms with Crippen molar-refractivity contribution < 1.29 is 32.2 Å². The molecular formula is C21H23FN2O6S. The van der Waals surface area contributed by atoms with Crippen LogP contribution in [0.15, 0.2) is 30.3 Å². The van der Waals surface area contributed by atoms with Crippen LogP contribution in [-0.2, 0) is 10.0 Å². The summed E-state index contributed by atoms with van der Waals surface area (Å²) in [5.41, 5.74) is 1.14. The Kier molecular flexibility index (Phi) is 6.61. The van der Waals surface area contributed by atoms with Crippen LogP contribution < -0.4 is 14.8 Å². The normalized spacial score (nSPS) is 13.6. The summed E-state index contributed by atoms with van der Waals surface area (Å²) in [7, 11) is -3.41. The molecule has 2 aromatic rings. The van der Waals surface area contributed by atoms with Gasteiger partial charge in [-0.15, -0.1) is 0 Å². The number of rotatable bonds is 9. The van der Waals surface area contributed by atoms with Crippen LogP contribution in [0.4, 0.5) is 4.39 Å². The molecule has 10 heteroatoms. The monoisotopic (exact) mass is 450 g/mol. The zero-order valence-corrected chi connectivity index (χ0v) is 17.9. The standard InChI is InChI=1S/C21H23FN2O6S/c1-12-17(9-14(10-18(12)22)20(25)24-15-4-5-15)16-6-3-13(21(26)27)11-19(16)30-8-7-23-31(2,28)29/h3,6,9-11,15,23H,4-5,7-8H2,1-2H3,(H,24,25)(H,26,27). The van der Waals surface area contributed by atoms with Crippen LogP contribution in [0.3, 0.4) is 0 Å². The second kappa shape index (κ2) is 9.03. The lowest BCUT2D eigenvalue weighted by atomic mass is 9.95. The van der Waals surface area contributed by atoms with Crippen LogP contribution in [0, 0.1) is 12.7 Å². The number of carbonyl (C=O) groups excluding carboxylic acids is 1. The predicted octanol–water partition coefficient (Wildman–Crippen LogP) is 2.32. The maximum atomic E-state index is 14.6. The molecule has 1 amide bonds.